The van der Waals surface area contributed by atoms with Gasteiger partial charge in [0.25, 0.3) is 0 Å². The second-order valence-corrected chi connectivity index (χ2v) is 4.12. The van der Waals surface area contributed by atoms with Crippen LogP contribution in [0.5, 0.6) is 0 Å². The number of carbonyl (C=O) groups is 2. The van der Waals surface area contributed by atoms with Crippen LogP contribution in [0.1, 0.15) is 38.3 Å². The quantitative estimate of drug-likeness (QED) is 0.805. The predicted molar refractivity (Wildman–Crippen MR) is 68.8 cm³/mol. The maximum Gasteiger partial charge on any atom is 0.306 e. The van der Waals surface area contributed by atoms with Crippen molar-refractivity contribution in [1.29, 1.82) is 0 Å². The fourth-order valence-electron chi connectivity index (χ4n) is 1.67. The highest BCUT2D eigenvalue weighted by Gasteiger charge is 2.14. The molecular weight excluding hydrogens is 249 g/mol. The van der Waals surface area contributed by atoms with Crippen LogP contribution in [-0.4, -0.2) is 18.5 Å². The molecule has 0 aliphatic carbocycles. The van der Waals surface area contributed by atoms with Crippen LogP contribution in [0.2, 0.25) is 0 Å². The minimum absolute atomic E-state index is 0.0314. The smallest absolute Gasteiger partial charge is 0.306 e. The molecular formula is C14H18FNO3. The van der Waals surface area contributed by atoms with Gasteiger partial charge in [-0.2, -0.15) is 0 Å². The van der Waals surface area contributed by atoms with Crippen molar-refractivity contribution in [1.82, 2.24) is 5.32 Å². The summed E-state index contributed by atoms with van der Waals surface area (Å²) in [6.45, 7) is 3.70. The standard InChI is InChI=1S/C14H18FNO3/c1-3-19-14(18)9-8-13(17)16-10(2)11-6-4-5-7-12(11)15/h4-7,10H,3,8-9H2,1-2H3,(H,16,17). The molecule has 4 nitrogen and oxygen atoms in total. The van der Waals surface area contributed by atoms with Gasteiger partial charge in [0.05, 0.1) is 19.1 Å². The molecule has 0 fully saturated rings. The molecule has 19 heavy (non-hydrogen) atoms. The third-order valence-corrected chi connectivity index (χ3v) is 2.61. The minimum atomic E-state index is -0.434. The zero-order valence-electron chi connectivity index (χ0n) is 11.1. The Balaban J connectivity index is 2.44. The van der Waals surface area contributed by atoms with Crippen LogP contribution in [0.4, 0.5) is 4.39 Å². The van der Waals surface area contributed by atoms with Crippen LogP contribution in [-0.2, 0) is 14.3 Å². The maximum absolute atomic E-state index is 13.5. The van der Waals surface area contributed by atoms with E-state index >= 15 is 0 Å². The van der Waals surface area contributed by atoms with Crippen LogP contribution in [0.3, 0.4) is 0 Å². The van der Waals surface area contributed by atoms with Gasteiger partial charge in [-0.3, -0.25) is 9.59 Å². The molecule has 5 heteroatoms. The highest BCUT2D eigenvalue weighted by atomic mass is 19.1. The predicted octanol–water partition coefficient (Wildman–Crippen LogP) is 2.35. The number of hydrogen-bond donors (Lipinski definition) is 1. The van der Waals surface area contributed by atoms with Gasteiger partial charge in [0.15, 0.2) is 0 Å². The van der Waals surface area contributed by atoms with Crippen molar-refractivity contribution in [3.8, 4) is 0 Å². The highest BCUT2D eigenvalue weighted by Crippen LogP contribution is 2.16. The molecule has 0 spiro atoms. The molecule has 0 saturated carbocycles. The lowest BCUT2D eigenvalue weighted by molar-refractivity contribution is -0.144. The second kappa shape index (κ2) is 7.51. The van der Waals surface area contributed by atoms with Crippen LogP contribution in [0.25, 0.3) is 0 Å². The van der Waals surface area contributed by atoms with Crippen LogP contribution in [0, 0.1) is 5.82 Å². The summed E-state index contributed by atoms with van der Waals surface area (Å²) in [4.78, 5) is 22.7. The average molecular weight is 267 g/mol. The van der Waals surface area contributed by atoms with E-state index in [1.54, 1.807) is 32.0 Å². The van der Waals surface area contributed by atoms with Gasteiger partial charge in [-0.1, -0.05) is 18.2 Å². The zero-order chi connectivity index (χ0) is 14.3. The molecule has 0 bridgehead atoms. The van der Waals surface area contributed by atoms with Crippen molar-refractivity contribution >= 4 is 11.9 Å². The molecule has 1 amide bonds. The molecule has 1 N–H and O–H groups in total. The molecule has 1 aromatic carbocycles. The summed E-state index contributed by atoms with van der Waals surface area (Å²) in [6, 6.07) is 5.83. The maximum atomic E-state index is 13.5. The van der Waals surface area contributed by atoms with Crippen molar-refractivity contribution in [2.24, 2.45) is 0 Å². The SMILES string of the molecule is CCOC(=O)CCC(=O)NC(C)c1ccccc1F. The Kier molecular flexibility index (Phi) is 5.99. The van der Waals surface area contributed by atoms with Gasteiger partial charge in [0.1, 0.15) is 5.82 Å². The van der Waals surface area contributed by atoms with Gasteiger partial charge in [-0.15, -0.1) is 0 Å². The van der Waals surface area contributed by atoms with E-state index in [2.05, 4.69) is 5.32 Å². The van der Waals surface area contributed by atoms with Crippen molar-refractivity contribution in [3.63, 3.8) is 0 Å². The summed E-state index contributed by atoms with van der Waals surface area (Å²) in [5.41, 5.74) is 0.423. The Bertz CT molecular complexity index is 448. The van der Waals surface area contributed by atoms with Gasteiger partial charge in [0, 0.05) is 12.0 Å². The van der Waals surface area contributed by atoms with E-state index < -0.39 is 12.0 Å². The Morgan fingerprint density at radius 2 is 2.00 bits per heavy atom. The van der Waals surface area contributed by atoms with Crippen molar-refractivity contribution in [2.45, 2.75) is 32.7 Å². The first kappa shape index (κ1) is 15.1. The number of nitrogens with one attached hydrogen (secondary N) is 1. The monoisotopic (exact) mass is 267 g/mol. The number of rotatable bonds is 6. The first-order valence-corrected chi connectivity index (χ1v) is 6.24. The molecule has 0 radical (unpaired) electrons. The number of benzene rings is 1. The van der Waals surface area contributed by atoms with Gasteiger partial charge >= 0.3 is 5.97 Å². The summed E-state index contributed by atoms with van der Waals surface area (Å²) in [7, 11) is 0. The molecule has 1 unspecified atom stereocenters. The Morgan fingerprint density at radius 1 is 1.32 bits per heavy atom. The van der Waals surface area contributed by atoms with Crippen molar-refractivity contribution < 1.29 is 18.7 Å². The number of amides is 1. The van der Waals surface area contributed by atoms with Crippen LogP contribution >= 0.6 is 0 Å². The van der Waals surface area contributed by atoms with E-state index in [0.29, 0.717) is 12.2 Å². The molecule has 0 aliphatic heterocycles. The second-order valence-electron chi connectivity index (χ2n) is 4.12. The first-order valence-electron chi connectivity index (χ1n) is 6.24. The largest absolute Gasteiger partial charge is 0.466 e. The number of hydrogen-bond acceptors (Lipinski definition) is 3. The molecule has 0 saturated heterocycles. The lowest BCUT2D eigenvalue weighted by atomic mass is 10.1. The summed E-state index contributed by atoms with van der Waals surface area (Å²) in [6.07, 6.45) is 0.0707. The first-order chi connectivity index (χ1) is 9.04. The van der Waals surface area contributed by atoms with Crippen molar-refractivity contribution in [3.05, 3.63) is 35.6 Å². The summed E-state index contributed by atoms with van der Waals surface area (Å²) >= 11 is 0. The molecule has 104 valence electrons. The van der Waals surface area contributed by atoms with E-state index in [9.17, 15) is 14.0 Å². The van der Waals surface area contributed by atoms with Crippen LogP contribution < -0.4 is 5.32 Å². The number of carbonyl (C=O) groups excluding carboxylic acids is 2. The van der Waals surface area contributed by atoms with Gasteiger partial charge < -0.3 is 10.1 Å². The average Bonchev–Trinajstić information content (AvgIpc) is 2.37. The Hall–Kier alpha value is -1.91. The summed E-state index contributed by atoms with van der Waals surface area (Å²) < 4.78 is 18.2. The number of halogens is 1. The number of ether oxygens (including phenoxy) is 1. The van der Waals surface area contributed by atoms with E-state index in [4.69, 9.17) is 4.74 Å². The Morgan fingerprint density at radius 3 is 2.63 bits per heavy atom. The van der Waals surface area contributed by atoms with E-state index in [-0.39, 0.29) is 24.6 Å². The molecule has 1 atom stereocenters. The van der Waals surface area contributed by atoms with Crippen molar-refractivity contribution in [2.75, 3.05) is 6.61 Å². The molecule has 0 aromatic heterocycles. The minimum Gasteiger partial charge on any atom is -0.466 e. The Labute approximate surface area is 112 Å². The summed E-state index contributed by atoms with van der Waals surface area (Å²) in [5, 5.41) is 2.65. The van der Waals surface area contributed by atoms with E-state index in [1.807, 2.05) is 0 Å². The van der Waals surface area contributed by atoms with Gasteiger partial charge in [-0.05, 0) is 19.9 Å². The normalized spacial score (nSPS) is 11.7. The van der Waals surface area contributed by atoms with Gasteiger partial charge in [-0.25, -0.2) is 4.39 Å². The molecule has 1 rings (SSSR count). The fraction of sp³-hybridized carbons (Fsp3) is 0.429. The zero-order valence-corrected chi connectivity index (χ0v) is 11.1. The van der Waals surface area contributed by atoms with Crippen LogP contribution in [0.15, 0.2) is 24.3 Å². The summed E-state index contributed by atoms with van der Waals surface area (Å²) in [5.74, 6) is -1.07. The third-order valence-electron chi connectivity index (χ3n) is 2.61. The number of esters is 1. The lowest BCUT2D eigenvalue weighted by Crippen LogP contribution is -2.27. The van der Waals surface area contributed by atoms with E-state index in [0.717, 1.165) is 0 Å². The molecule has 0 aliphatic rings. The van der Waals surface area contributed by atoms with E-state index in [1.165, 1.54) is 6.07 Å². The molecule has 1 aromatic rings. The highest BCUT2D eigenvalue weighted by molar-refractivity contribution is 5.81. The topological polar surface area (TPSA) is 55.4 Å². The molecule has 0 heterocycles. The lowest BCUT2D eigenvalue weighted by Gasteiger charge is -2.14. The fourth-order valence-corrected chi connectivity index (χ4v) is 1.67. The van der Waals surface area contributed by atoms with Gasteiger partial charge in [0.2, 0.25) is 5.91 Å². The third kappa shape index (κ3) is 5.07.